The maximum atomic E-state index is 12.2. The van der Waals surface area contributed by atoms with Gasteiger partial charge in [0.2, 0.25) is 0 Å². The largest absolute Gasteiger partial charge is 0.294 e. The zero-order valence-electron chi connectivity index (χ0n) is 9.56. The van der Waals surface area contributed by atoms with Crippen molar-refractivity contribution in [3.63, 3.8) is 0 Å². The lowest BCUT2D eigenvalue weighted by atomic mass is 9.86. The second-order valence-electron chi connectivity index (χ2n) is 4.53. The van der Waals surface area contributed by atoms with E-state index in [0.717, 1.165) is 12.8 Å². The number of nitrogens with zero attached hydrogens (tertiary/aromatic N) is 2. The summed E-state index contributed by atoms with van der Waals surface area (Å²) in [6, 6.07) is 0. The van der Waals surface area contributed by atoms with Crippen LogP contribution in [0.2, 0.25) is 0 Å². The van der Waals surface area contributed by atoms with Gasteiger partial charge in [0, 0.05) is 18.3 Å². The summed E-state index contributed by atoms with van der Waals surface area (Å²) in [5, 5.41) is 0. The van der Waals surface area contributed by atoms with Crippen molar-refractivity contribution < 1.29 is 4.79 Å². The first-order valence-electron chi connectivity index (χ1n) is 6.17. The van der Waals surface area contributed by atoms with Crippen LogP contribution in [0.1, 0.15) is 55.3 Å². The monoisotopic (exact) mass is 218 g/mol. The number of rotatable bonds is 2. The van der Waals surface area contributed by atoms with Crippen molar-refractivity contribution in [3.8, 4) is 0 Å². The van der Waals surface area contributed by atoms with E-state index in [0.29, 0.717) is 5.56 Å². The average Bonchev–Trinajstić information content (AvgIpc) is 2.29. The molecule has 0 bridgehead atoms. The lowest BCUT2D eigenvalue weighted by molar-refractivity contribution is 0.0897. The normalized spacial score (nSPS) is 18.8. The van der Waals surface area contributed by atoms with E-state index < -0.39 is 0 Å². The molecule has 1 fully saturated rings. The molecule has 1 aliphatic rings. The van der Waals surface area contributed by atoms with Crippen molar-refractivity contribution in [1.82, 2.24) is 9.97 Å². The second-order valence-corrected chi connectivity index (χ2v) is 4.53. The van der Waals surface area contributed by atoms with Crippen LogP contribution < -0.4 is 0 Å². The Morgan fingerprint density at radius 1 is 1.00 bits per heavy atom. The molecule has 3 heteroatoms. The predicted octanol–water partition coefficient (Wildman–Crippen LogP) is 3.02. The SMILES string of the molecule is O=C(c1cncnc1)C1CCCCCCC1. The van der Waals surface area contributed by atoms with Crippen molar-refractivity contribution in [2.75, 3.05) is 0 Å². The summed E-state index contributed by atoms with van der Waals surface area (Å²) in [6.45, 7) is 0. The molecule has 0 N–H and O–H groups in total. The molecular weight excluding hydrogens is 200 g/mol. The number of hydrogen-bond acceptors (Lipinski definition) is 3. The van der Waals surface area contributed by atoms with Gasteiger partial charge >= 0.3 is 0 Å². The lowest BCUT2D eigenvalue weighted by Gasteiger charge is -2.18. The van der Waals surface area contributed by atoms with Crippen LogP contribution in [0.15, 0.2) is 18.7 Å². The minimum atomic E-state index is 0.200. The molecule has 86 valence electrons. The van der Waals surface area contributed by atoms with Gasteiger partial charge in [0.15, 0.2) is 5.78 Å². The average molecular weight is 218 g/mol. The first-order valence-corrected chi connectivity index (χ1v) is 6.17. The molecule has 0 saturated heterocycles. The van der Waals surface area contributed by atoms with E-state index in [4.69, 9.17) is 0 Å². The van der Waals surface area contributed by atoms with Gasteiger partial charge in [0.25, 0.3) is 0 Å². The third kappa shape index (κ3) is 2.87. The molecule has 0 radical (unpaired) electrons. The molecule has 0 atom stereocenters. The Bertz CT molecular complexity index is 329. The molecular formula is C13H18N2O. The molecule has 0 unspecified atom stereocenters. The number of Topliss-reactive ketones (excluding diaryl/α,β-unsaturated/α-hetero) is 1. The fourth-order valence-corrected chi connectivity index (χ4v) is 2.38. The number of carbonyl (C=O) groups excluding carboxylic acids is 1. The first-order chi connectivity index (χ1) is 7.88. The number of carbonyl (C=O) groups is 1. The zero-order chi connectivity index (χ0) is 11.2. The maximum Gasteiger partial charge on any atom is 0.169 e. The van der Waals surface area contributed by atoms with Gasteiger partial charge < -0.3 is 0 Å². The van der Waals surface area contributed by atoms with E-state index in [9.17, 15) is 4.79 Å². The van der Waals surface area contributed by atoms with Crippen LogP contribution >= 0.6 is 0 Å². The van der Waals surface area contributed by atoms with Gasteiger partial charge in [0.05, 0.1) is 5.56 Å². The second kappa shape index (κ2) is 5.73. The third-order valence-corrected chi connectivity index (χ3v) is 3.32. The Balaban J connectivity index is 2.02. The molecule has 1 heterocycles. The molecule has 1 aromatic rings. The highest BCUT2D eigenvalue weighted by molar-refractivity contribution is 5.97. The number of aromatic nitrogens is 2. The highest BCUT2D eigenvalue weighted by Crippen LogP contribution is 2.24. The first kappa shape index (κ1) is 11.2. The zero-order valence-corrected chi connectivity index (χ0v) is 9.56. The van der Waals surface area contributed by atoms with Crippen LogP contribution in [0.4, 0.5) is 0 Å². The topological polar surface area (TPSA) is 42.9 Å². The minimum Gasteiger partial charge on any atom is -0.294 e. The fraction of sp³-hybridized carbons (Fsp3) is 0.615. The van der Waals surface area contributed by atoms with Crippen molar-refractivity contribution in [2.24, 2.45) is 5.92 Å². The van der Waals surface area contributed by atoms with Crippen LogP contribution in [-0.2, 0) is 0 Å². The summed E-state index contributed by atoms with van der Waals surface area (Å²) in [6.07, 6.45) is 13.0. The van der Waals surface area contributed by atoms with Gasteiger partial charge in [-0.3, -0.25) is 4.79 Å². The Hall–Kier alpha value is -1.25. The predicted molar refractivity (Wildman–Crippen MR) is 62.2 cm³/mol. The van der Waals surface area contributed by atoms with Gasteiger partial charge in [-0.2, -0.15) is 0 Å². The van der Waals surface area contributed by atoms with Crippen LogP contribution in [-0.4, -0.2) is 15.8 Å². The summed E-state index contributed by atoms with van der Waals surface area (Å²) in [7, 11) is 0. The van der Waals surface area contributed by atoms with Gasteiger partial charge in [0.1, 0.15) is 6.33 Å². The van der Waals surface area contributed by atoms with E-state index in [-0.39, 0.29) is 11.7 Å². The van der Waals surface area contributed by atoms with Crippen molar-refractivity contribution >= 4 is 5.78 Å². The summed E-state index contributed by atoms with van der Waals surface area (Å²) >= 11 is 0. The van der Waals surface area contributed by atoms with E-state index in [2.05, 4.69) is 9.97 Å². The molecule has 0 spiro atoms. The molecule has 16 heavy (non-hydrogen) atoms. The summed E-state index contributed by atoms with van der Waals surface area (Å²) in [5.41, 5.74) is 0.674. The van der Waals surface area contributed by atoms with Crippen LogP contribution in [0.5, 0.6) is 0 Å². The van der Waals surface area contributed by atoms with Gasteiger partial charge in [-0.05, 0) is 12.8 Å². The number of hydrogen-bond donors (Lipinski definition) is 0. The Morgan fingerprint density at radius 2 is 1.56 bits per heavy atom. The smallest absolute Gasteiger partial charge is 0.169 e. The molecule has 0 aliphatic heterocycles. The fourth-order valence-electron chi connectivity index (χ4n) is 2.38. The molecule has 3 nitrogen and oxygen atoms in total. The molecule has 0 aromatic carbocycles. The Labute approximate surface area is 96.3 Å². The van der Waals surface area contributed by atoms with E-state index in [1.54, 1.807) is 12.4 Å². The molecule has 0 amide bonds. The van der Waals surface area contributed by atoms with Gasteiger partial charge in [-0.25, -0.2) is 9.97 Å². The molecule has 1 saturated carbocycles. The van der Waals surface area contributed by atoms with Crippen LogP contribution in [0.25, 0.3) is 0 Å². The minimum absolute atomic E-state index is 0.200. The standard InChI is InChI=1S/C13H18N2O/c16-13(12-8-14-10-15-9-12)11-6-4-2-1-3-5-7-11/h8-11H,1-7H2. The Kier molecular flexibility index (Phi) is 4.03. The van der Waals surface area contributed by atoms with E-state index in [1.807, 2.05) is 0 Å². The van der Waals surface area contributed by atoms with Gasteiger partial charge in [-0.1, -0.05) is 32.1 Å². The van der Waals surface area contributed by atoms with Crippen LogP contribution in [0, 0.1) is 5.92 Å². The highest BCUT2D eigenvalue weighted by atomic mass is 16.1. The number of ketones is 1. The summed E-state index contributed by atoms with van der Waals surface area (Å²) < 4.78 is 0. The summed E-state index contributed by atoms with van der Waals surface area (Å²) in [4.78, 5) is 20.0. The summed E-state index contributed by atoms with van der Waals surface area (Å²) in [5.74, 6) is 0.439. The quantitative estimate of drug-likeness (QED) is 0.716. The highest BCUT2D eigenvalue weighted by Gasteiger charge is 2.20. The van der Waals surface area contributed by atoms with Gasteiger partial charge in [-0.15, -0.1) is 0 Å². The molecule has 1 aliphatic carbocycles. The van der Waals surface area contributed by atoms with Crippen molar-refractivity contribution in [1.29, 1.82) is 0 Å². The maximum absolute atomic E-state index is 12.2. The van der Waals surface area contributed by atoms with Crippen LogP contribution in [0.3, 0.4) is 0 Å². The van der Waals surface area contributed by atoms with E-state index in [1.165, 1.54) is 38.4 Å². The van der Waals surface area contributed by atoms with Crippen molar-refractivity contribution in [3.05, 3.63) is 24.3 Å². The Morgan fingerprint density at radius 3 is 2.19 bits per heavy atom. The molecule has 2 rings (SSSR count). The van der Waals surface area contributed by atoms with Crippen molar-refractivity contribution in [2.45, 2.75) is 44.9 Å². The lowest BCUT2D eigenvalue weighted by Crippen LogP contribution is -2.16. The van der Waals surface area contributed by atoms with E-state index >= 15 is 0 Å². The molecule has 1 aromatic heterocycles. The third-order valence-electron chi connectivity index (χ3n) is 3.32.